The molecule has 0 spiro atoms. The molecule has 14 heavy (non-hydrogen) atoms. The van der Waals surface area contributed by atoms with Gasteiger partial charge in [0.05, 0.1) is 0 Å². The number of hydrogen-bond donors (Lipinski definition) is 2. The Morgan fingerprint density at radius 3 is 2.50 bits per heavy atom. The molecule has 0 atom stereocenters. The van der Waals surface area contributed by atoms with Crippen LogP contribution in [0.3, 0.4) is 0 Å². The van der Waals surface area contributed by atoms with Gasteiger partial charge in [0.1, 0.15) is 12.7 Å². The Balaban J connectivity index is 2.45. The van der Waals surface area contributed by atoms with Crippen molar-refractivity contribution in [1.29, 1.82) is 0 Å². The SMILES string of the molecule is O=C(O)/C=C(\O)OCc1ccccc1. The zero-order valence-corrected chi connectivity index (χ0v) is 7.38. The summed E-state index contributed by atoms with van der Waals surface area (Å²) in [6.45, 7) is 0.149. The average molecular weight is 194 g/mol. The Labute approximate surface area is 81.1 Å². The molecule has 0 aliphatic rings. The van der Waals surface area contributed by atoms with Gasteiger partial charge in [-0.25, -0.2) is 4.79 Å². The van der Waals surface area contributed by atoms with E-state index >= 15 is 0 Å². The molecule has 1 aromatic rings. The van der Waals surface area contributed by atoms with Crippen molar-refractivity contribution in [1.82, 2.24) is 0 Å². The third kappa shape index (κ3) is 3.62. The molecule has 1 rings (SSSR count). The van der Waals surface area contributed by atoms with Crippen LogP contribution in [0, 0.1) is 0 Å². The van der Waals surface area contributed by atoms with Crippen LogP contribution in [0.2, 0.25) is 0 Å². The highest BCUT2D eigenvalue weighted by atomic mass is 16.6. The predicted molar refractivity (Wildman–Crippen MR) is 49.6 cm³/mol. The standard InChI is InChI=1S/C10H10O4/c11-9(12)6-10(13)14-7-8-4-2-1-3-5-8/h1-6,13H,7H2,(H,11,12)/b10-6+. The van der Waals surface area contributed by atoms with Crippen LogP contribution in [0.4, 0.5) is 0 Å². The Morgan fingerprint density at radius 1 is 1.29 bits per heavy atom. The summed E-state index contributed by atoms with van der Waals surface area (Å²) in [5.41, 5.74) is 0.859. The topological polar surface area (TPSA) is 66.8 Å². The van der Waals surface area contributed by atoms with Gasteiger partial charge in [-0.05, 0) is 5.56 Å². The largest absolute Gasteiger partial charge is 0.481 e. The number of aliphatic hydroxyl groups excluding tert-OH is 1. The summed E-state index contributed by atoms with van der Waals surface area (Å²) in [6.07, 6.45) is 0.600. The minimum absolute atomic E-state index is 0.149. The van der Waals surface area contributed by atoms with Gasteiger partial charge in [-0.3, -0.25) is 0 Å². The second kappa shape index (κ2) is 4.91. The van der Waals surface area contributed by atoms with E-state index in [1.807, 2.05) is 30.3 Å². The summed E-state index contributed by atoms with van der Waals surface area (Å²) in [6, 6.07) is 9.14. The van der Waals surface area contributed by atoms with Crippen LogP contribution in [0.15, 0.2) is 42.4 Å². The van der Waals surface area contributed by atoms with Crippen molar-refractivity contribution >= 4 is 5.97 Å². The van der Waals surface area contributed by atoms with Crippen molar-refractivity contribution in [3.63, 3.8) is 0 Å². The summed E-state index contributed by atoms with van der Waals surface area (Å²) >= 11 is 0. The second-order valence-corrected chi connectivity index (χ2v) is 2.60. The van der Waals surface area contributed by atoms with Crippen LogP contribution in [0.1, 0.15) is 5.56 Å². The molecule has 0 fully saturated rings. The molecule has 4 heteroatoms. The van der Waals surface area contributed by atoms with Gasteiger partial charge in [-0.15, -0.1) is 0 Å². The van der Waals surface area contributed by atoms with Crippen LogP contribution in [0.5, 0.6) is 0 Å². The first-order chi connectivity index (χ1) is 6.68. The van der Waals surface area contributed by atoms with Gasteiger partial charge in [0.25, 0.3) is 5.95 Å². The number of carboxylic acid groups (broad SMARTS) is 1. The highest BCUT2D eigenvalue weighted by molar-refractivity contribution is 5.79. The van der Waals surface area contributed by atoms with E-state index in [4.69, 9.17) is 14.9 Å². The van der Waals surface area contributed by atoms with Gasteiger partial charge in [0.2, 0.25) is 0 Å². The molecule has 2 N–H and O–H groups in total. The van der Waals surface area contributed by atoms with E-state index in [-0.39, 0.29) is 6.61 Å². The number of carboxylic acids is 1. The molecule has 0 bridgehead atoms. The molecule has 74 valence electrons. The summed E-state index contributed by atoms with van der Waals surface area (Å²) in [7, 11) is 0. The number of aliphatic hydroxyl groups is 1. The lowest BCUT2D eigenvalue weighted by molar-refractivity contribution is -0.131. The summed E-state index contributed by atoms with van der Waals surface area (Å²) in [4.78, 5) is 10.1. The summed E-state index contributed by atoms with van der Waals surface area (Å²) in [5.74, 6) is -1.84. The maximum atomic E-state index is 10.1. The highest BCUT2D eigenvalue weighted by Crippen LogP contribution is 2.03. The Kier molecular flexibility index (Phi) is 3.55. The number of rotatable bonds is 4. The molecule has 0 saturated carbocycles. The van der Waals surface area contributed by atoms with E-state index in [1.165, 1.54) is 0 Å². The maximum Gasteiger partial charge on any atom is 0.335 e. The molecule has 0 aliphatic heterocycles. The van der Waals surface area contributed by atoms with Crippen molar-refractivity contribution in [2.24, 2.45) is 0 Å². The van der Waals surface area contributed by atoms with Gasteiger partial charge >= 0.3 is 5.97 Å². The van der Waals surface area contributed by atoms with Crippen molar-refractivity contribution in [2.45, 2.75) is 6.61 Å². The van der Waals surface area contributed by atoms with E-state index in [1.54, 1.807) is 0 Å². The lowest BCUT2D eigenvalue weighted by Gasteiger charge is -2.03. The zero-order chi connectivity index (χ0) is 10.4. The lowest BCUT2D eigenvalue weighted by atomic mass is 10.2. The third-order valence-electron chi connectivity index (χ3n) is 1.48. The molecule has 4 nitrogen and oxygen atoms in total. The van der Waals surface area contributed by atoms with E-state index in [0.717, 1.165) is 5.56 Å². The van der Waals surface area contributed by atoms with E-state index in [0.29, 0.717) is 6.08 Å². The zero-order valence-electron chi connectivity index (χ0n) is 7.38. The molecular formula is C10H10O4. The molecule has 1 aromatic carbocycles. The quantitative estimate of drug-likeness (QED) is 0.565. The fourth-order valence-electron chi connectivity index (χ4n) is 0.879. The predicted octanol–water partition coefficient (Wildman–Crippen LogP) is 1.69. The first-order valence-corrected chi connectivity index (χ1v) is 3.99. The van der Waals surface area contributed by atoms with Crippen LogP contribution in [-0.4, -0.2) is 16.2 Å². The maximum absolute atomic E-state index is 10.1. The van der Waals surface area contributed by atoms with E-state index in [9.17, 15) is 4.79 Å². The molecule has 0 amide bonds. The van der Waals surface area contributed by atoms with Gasteiger partial charge in [0, 0.05) is 0 Å². The smallest absolute Gasteiger partial charge is 0.335 e. The van der Waals surface area contributed by atoms with Crippen LogP contribution in [-0.2, 0) is 16.1 Å². The monoisotopic (exact) mass is 194 g/mol. The fourth-order valence-corrected chi connectivity index (χ4v) is 0.879. The number of benzene rings is 1. The first kappa shape index (κ1) is 10.1. The first-order valence-electron chi connectivity index (χ1n) is 3.99. The average Bonchev–Trinajstić information content (AvgIpc) is 2.15. The number of hydrogen-bond acceptors (Lipinski definition) is 3. The molecule has 0 aliphatic carbocycles. The molecule has 0 unspecified atom stereocenters. The summed E-state index contributed by atoms with van der Waals surface area (Å²) in [5, 5.41) is 17.2. The van der Waals surface area contributed by atoms with E-state index < -0.39 is 11.9 Å². The highest BCUT2D eigenvalue weighted by Gasteiger charge is 1.98. The van der Waals surface area contributed by atoms with Gasteiger partial charge < -0.3 is 14.9 Å². The van der Waals surface area contributed by atoms with Crippen molar-refractivity contribution < 1.29 is 19.7 Å². The normalized spacial score (nSPS) is 11.0. The van der Waals surface area contributed by atoms with Crippen LogP contribution < -0.4 is 0 Å². The van der Waals surface area contributed by atoms with Gasteiger partial charge in [0.15, 0.2) is 0 Å². The number of ether oxygens (including phenoxy) is 1. The minimum Gasteiger partial charge on any atom is -0.481 e. The molecular weight excluding hydrogens is 184 g/mol. The Hall–Kier alpha value is -1.97. The van der Waals surface area contributed by atoms with Gasteiger partial charge in [-0.1, -0.05) is 30.3 Å². The minimum atomic E-state index is -1.24. The fraction of sp³-hybridized carbons (Fsp3) is 0.100. The van der Waals surface area contributed by atoms with Crippen LogP contribution in [0.25, 0.3) is 0 Å². The Morgan fingerprint density at radius 2 is 1.93 bits per heavy atom. The van der Waals surface area contributed by atoms with E-state index in [2.05, 4.69) is 0 Å². The number of carbonyl (C=O) groups is 1. The molecule has 0 heterocycles. The Bertz CT molecular complexity index is 329. The molecule has 0 aromatic heterocycles. The van der Waals surface area contributed by atoms with Crippen molar-refractivity contribution in [3.8, 4) is 0 Å². The lowest BCUT2D eigenvalue weighted by Crippen LogP contribution is -1.97. The number of aliphatic carboxylic acids is 1. The van der Waals surface area contributed by atoms with Crippen molar-refractivity contribution in [2.75, 3.05) is 0 Å². The second-order valence-electron chi connectivity index (χ2n) is 2.60. The molecule has 0 radical (unpaired) electrons. The molecule has 0 saturated heterocycles. The van der Waals surface area contributed by atoms with Crippen LogP contribution >= 0.6 is 0 Å². The van der Waals surface area contributed by atoms with Gasteiger partial charge in [-0.2, -0.15) is 0 Å². The third-order valence-corrected chi connectivity index (χ3v) is 1.48. The van der Waals surface area contributed by atoms with Crippen molar-refractivity contribution in [3.05, 3.63) is 47.9 Å². The summed E-state index contributed by atoms with van der Waals surface area (Å²) < 4.78 is 4.77.